The van der Waals surface area contributed by atoms with E-state index in [0.29, 0.717) is 5.75 Å². The molecule has 0 radical (unpaired) electrons. The van der Waals surface area contributed by atoms with Crippen LogP contribution in [-0.2, 0) is 0 Å². The predicted octanol–water partition coefficient (Wildman–Crippen LogP) is 1.27. The monoisotopic (exact) mass is 149 g/mol. The number of ether oxygens (including phenoxy) is 1. The molecule has 1 aromatic rings. The van der Waals surface area contributed by atoms with Gasteiger partial charge >= 0.3 is 0 Å². The maximum Gasteiger partial charge on any atom is 0.140 e. The van der Waals surface area contributed by atoms with Crippen molar-refractivity contribution in [3.8, 4) is 17.6 Å². The van der Waals surface area contributed by atoms with Crippen LogP contribution in [-0.4, -0.2) is 12.2 Å². The number of phenols is 1. The number of benzene rings is 1. The van der Waals surface area contributed by atoms with E-state index in [2.05, 4.69) is 0 Å². The van der Waals surface area contributed by atoms with Crippen molar-refractivity contribution in [2.45, 2.75) is 0 Å². The molecule has 1 rings (SSSR count). The Morgan fingerprint density at radius 3 is 2.73 bits per heavy atom. The van der Waals surface area contributed by atoms with Gasteiger partial charge in [-0.2, -0.15) is 5.26 Å². The van der Waals surface area contributed by atoms with Crippen LogP contribution in [0.25, 0.3) is 0 Å². The number of aromatic hydroxyl groups is 1. The van der Waals surface area contributed by atoms with Crippen molar-refractivity contribution in [3.05, 3.63) is 23.8 Å². The number of hydrogen-bond acceptors (Lipinski definition) is 3. The summed E-state index contributed by atoms with van der Waals surface area (Å²) in [7, 11) is 1.45. The molecule has 1 N–H and O–H groups in total. The molecule has 0 aliphatic heterocycles. The van der Waals surface area contributed by atoms with Gasteiger partial charge in [0, 0.05) is 0 Å². The number of rotatable bonds is 1. The van der Waals surface area contributed by atoms with Gasteiger partial charge in [-0.25, -0.2) is 0 Å². The molecule has 3 heteroatoms. The summed E-state index contributed by atoms with van der Waals surface area (Å²) in [6.07, 6.45) is 0. The Bertz CT molecular complexity index is 301. The zero-order valence-corrected chi connectivity index (χ0v) is 6.03. The van der Waals surface area contributed by atoms with Crippen molar-refractivity contribution in [2.24, 2.45) is 0 Å². The van der Waals surface area contributed by atoms with E-state index in [4.69, 9.17) is 15.1 Å². The summed E-state index contributed by atoms with van der Waals surface area (Å²) in [5.74, 6) is 0.347. The second-order valence-corrected chi connectivity index (χ2v) is 1.97. The third kappa shape index (κ3) is 1.24. The van der Waals surface area contributed by atoms with Crippen LogP contribution in [0.3, 0.4) is 0 Å². The SMILES string of the molecule is COc1cccc(O)c1C#N. The lowest BCUT2D eigenvalue weighted by atomic mass is 10.2. The quantitative estimate of drug-likeness (QED) is 0.654. The van der Waals surface area contributed by atoms with E-state index in [-0.39, 0.29) is 11.3 Å². The maximum atomic E-state index is 9.12. The molecular weight excluding hydrogens is 142 g/mol. The summed E-state index contributed by atoms with van der Waals surface area (Å²) in [5, 5.41) is 17.7. The standard InChI is InChI=1S/C8H7NO2/c1-11-8-4-2-3-7(10)6(8)5-9/h2-4,10H,1H3. The zero-order chi connectivity index (χ0) is 8.27. The Kier molecular flexibility index (Phi) is 1.98. The van der Waals surface area contributed by atoms with Gasteiger partial charge in [-0.1, -0.05) is 6.07 Å². The van der Waals surface area contributed by atoms with Crippen molar-refractivity contribution in [1.82, 2.24) is 0 Å². The first-order valence-electron chi connectivity index (χ1n) is 3.05. The van der Waals surface area contributed by atoms with Gasteiger partial charge in [0.15, 0.2) is 0 Å². The summed E-state index contributed by atoms with van der Waals surface area (Å²) in [6.45, 7) is 0. The number of nitrogens with zero attached hydrogens (tertiary/aromatic N) is 1. The fourth-order valence-electron chi connectivity index (χ4n) is 0.802. The Balaban J connectivity index is 3.27. The van der Waals surface area contributed by atoms with Crippen molar-refractivity contribution in [1.29, 1.82) is 5.26 Å². The van der Waals surface area contributed by atoms with Crippen molar-refractivity contribution in [2.75, 3.05) is 7.11 Å². The average molecular weight is 149 g/mol. The molecule has 0 saturated heterocycles. The first-order chi connectivity index (χ1) is 5.29. The first kappa shape index (κ1) is 7.42. The molecule has 11 heavy (non-hydrogen) atoms. The lowest BCUT2D eigenvalue weighted by Crippen LogP contribution is -1.86. The van der Waals surface area contributed by atoms with E-state index < -0.39 is 0 Å². The van der Waals surface area contributed by atoms with Crippen LogP contribution < -0.4 is 4.74 Å². The Morgan fingerprint density at radius 2 is 2.27 bits per heavy atom. The van der Waals surface area contributed by atoms with Gasteiger partial charge in [0.25, 0.3) is 0 Å². The molecule has 0 amide bonds. The molecule has 56 valence electrons. The molecule has 0 fully saturated rings. The minimum absolute atomic E-state index is 0.0492. The van der Waals surface area contributed by atoms with E-state index in [1.165, 1.54) is 13.2 Å². The minimum Gasteiger partial charge on any atom is -0.506 e. The largest absolute Gasteiger partial charge is 0.506 e. The highest BCUT2D eigenvalue weighted by Crippen LogP contribution is 2.25. The molecule has 0 heterocycles. The second kappa shape index (κ2) is 2.93. The van der Waals surface area contributed by atoms with Gasteiger partial charge in [0.1, 0.15) is 23.1 Å². The van der Waals surface area contributed by atoms with Crippen LogP contribution in [0.15, 0.2) is 18.2 Å². The molecule has 0 saturated carbocycles. The first-order valence-corrected chi connectivity index (χ1v) is 3.05. The van der Waals surface area contributed by atoms with Gasteiger partial charge in [-0.05, 0) is 12.1 Å². The highest BCUT2D eigenvalue weighted by atomic mass is 16.5. The van der Waals surface area contributed by atoms with Crippen LogP contribution in [0.2, 0.25) is 0 Å². The fourth-order valence-corrected chi connectivity index (χ4v) is 0.802. The number of phenolic OH excluding ortho intramolecular Hbond substituents is 1. The second-order valence-electron chi connectivity index (χ2n) is 1.97. The van der Waals surface area contributed by atoms with E-state index in [1.54, 1.807) is 12.1 Å². The summed E-state index contributed by atoms with van der Waals surface area (Å²) in [6, 6.07) is 6.53. The minimum atomic E-state index is -0.0492. The summed E-state index contributed by atoms with van der Waals surface area (Å²) < 4.78 is 4.83. The summed E-state index contributed by atoms with van der Waals surface area (Å²) >= 11 is 0. The topological polar surface area (TPSA) is 53.2 Å². The van der Waals surface area contributed by atoms with Gasteiger partial charge in [0.05, 0.1) is 7.11 Å². The number of hydrogen-bond donors (Lipinski definition) is 1. The van der Waals surface area contributed by atoms with E-state index in [1.807, 2.05) is 6.07 Å². The lowest BCUT2D eigenvalue weighted by Gasteiger charge is -2.01. The van der Waals surface area contributed by atoms with Crippen LogP contribution in [0.5, 0.6) is 11.5 Å². The summed E-state index contributed by atoms with van der Waals surface area (Å²) in [4.78, 5) is 0. The maximum absolute atomic E-state index is 9.12. The molecule has 0 bridgehead atoms. The average Bonchev–Trinajstić information content (AvgIpc) is 2.04. The molecular formula is C8H7NO2. The Hall–Kier alpha value is -1.69. The fraction of sp³-hybridized carbons (Fsp3) is 0.125. The van der Waals surface area contributed by atoms with Crippen LogP contribution in [0.4, 0.5) is 0 Å². The third-order valence-corrected chi connectivity index (χ3v) is 1.34. The van der Waals surface area contributed by atoms with Crippen LogP contribution in [0.1, 0.15) is 5.56 Å². The van der Waals surface area contributed by atoms with E-state index >= 15 is 0 Å². The molecule has 0 aliphatic rings. The van der Waals surface area contributed by atoms with Gasteiger partial charge in [-0.15, -0.1) is 0 Å². The highest BCUT2D eigenvalue weighted by Gasteiger charge is 2.05. The van der Waals surface area contributed by atoms with Crippen molar-refractivity contribution < 1.29 is 9.84 Å². The van der Waals surface area contributed by atoms with Crippen LogP contribution >= 0.6 is 0 Å². The zero-order valence-electron chi connectivity index (χ0n) is 6.03. The molecule has 0 aromatic heterocycles. The number of methoxy groups -OCH3 is 1. The van der Waals surface area contributed by atoms with Gasteiger partial charge < -0.3 is 9.84 Å². The molecule has 3 nitrogen and oxygen atoms in total. The summed E-state index contributed by atoms with van der Waals surface area (Å²) in [5.41, 5.74) is 0.176. The van der Waals surface area contributed by atoms with E-state index in [9.17, 15) is 0 Å². The van der Waals surface area contributed by atoms with E-state index in [0.717, 1.165) is 0 Å². The lowest BCUT2D eigenvalue weighted by molar-refractivity contribution is 0.405. The smallest absolute Gasteiger partial charge is 0.140 e. The van der Waals surface area contributed by atoms with Gasteiger partial charge in [-0.3, -0.25) is 0 Å². The normalized spacial score (nSPS) is 8.73. The third-order valence-electron chi connectivity index (χ3n) is 1.34. The van der Waals surface area contributed by atoms with Gasteiger partial charge in [0.2, 0.25) is 0 Å². The molecule has 0 unspecified atom stereocenters. The molecule has 0 aliphatic carbocycles. The van der Waals surface area contributed by atoms with Crippen LogP contribution in [0, 0.1) is 11.3 Å². The predicted molar refractivity (Wildman–Crippen MR) is 39.4 cm³/mol. The number of nitriles is 1. The highest BCUT2D eigenvalue weighted by molar-refractivity contribution is 5.51. The Labute approximate surface area is 64.5 Å². The van der Waals surface area contributed by atoms with Crippen molar-refractivity contribution >= 4 is 0 Å². The molecule has 0 atom stereocenters. The Morgan fingerprint density at radius 1 is 1.55 bits per heavy atom. The molecule has 0 spiro atoms. The molecule has 1 aromatic carbocycles. The van der Waals surface area contributed by atoms with Crippen molar-refractivity contribution in [3.63, 3.8) is 0 Å².